The third-order valence-electron chi connectivity index (χ3n) is 3.31. The molecular formula is C13H22N2OS. The molecule has 0 spiro atoms. The Morgan fingerprint density at radius 2 is 1.88 bits per heavy atom. The topological polar surface area (TPSA) is 26.7 Å². The second kappa shape index (κ2) is 7.11. The summed E-state index contributed by atoms with van der Waals surface area (Å²) in [7, 11) is 0. The molecule has 1 aromatic heterocycles. The Kier molecular flexibility index (Phi) is 5.45. The molecule has 1 saturated heterocycles. The molecule has 2 rings (SSSR count). The summed E-state index contributed by atoms with van der Waals surface area (Å²) in [6.07, 6.45) is 2.07. The maximum atomic E-state index is 8.76. The number of hydrogen-bond donors (Lipinski definition) is 1. The summed E-state index contributed by atoms with van der Waals surface area (Å²) >= 11 is 1.85. The summed E-state index contributed by atoms with van der Waals surface area (Å²) in [4.78, 5) is 6.52. The highest BCUT2D eigenvalue weighted by atomic mass is 32.1. The van der Waals surface area contributed by atoms with E-state index in [4.69, 9.17) is 5.11 Å². The number of unbranched alkanes of at least 4 members (excludes halogenated alkanes) is 1. The van der Waals surface area contributed by atoms with Crippen LogP contribution in [0.1, 0.15) is 17.7 Å². The Hall–Kier alpha value is -0.420. The lowest BCUT2D eigenvalue weighted by molar-refractivity contribution is 0.124. The van der Waals surface area contributed by atoms with Gasteiger partial charge in [0, 0.05) is 44.2 Å². The fraction of sp³-hybridized carbons (Fsp3) is 0.692. The van der Waals surface area contributed by atoms with Gasteiger partial charge < -0.3 is 10.0 Å². The van der Waals surface area contributed by atoms with Crippen LogP contribution in [0.2, 0.25) is 0 Å². The number of aliphatic hydroxyl groups is 1. The van der Waals surface area contributed by atoms with Gasteiger partial charge in [-0.2, -0.15) is 0 Å². The predicted octanol–water partition coefficient (Wildman–Crippen LogP) is 1.64. The lowest BCUT2D eigenvalue weighted by Crippen LogP contribution is -2.46. The van der Waals surface area contributed by atoms with Crippen molar-refractivity contribution in [2.45, 2.75) is 19.4 Å². The van der Waals surface area contributed by atoms with Crippen LogP contribution in [-0.2, 0) is 6.54 Å². The van der Waals surface area contributed by atoms with Gasteiger partial charge in [0.2, 0.25) is 0 Å². The lowest BCUT2D eigenvalue weighted by Gasteiger charge is -2.34. The molecule has 1 aliphatic heterocycles. The van der Waals surface area contributed by atoms with Crippen molar-refractivity contribution in [1.29, 1.82) is 0 Å². The Morgan fingerprint density at radius 3 is 2.53 bits per heavy atom. The van der Waals surface area contributed by atoms with E-state index in [2.05, 4.69) is 27.3 Å². The van der Waals surface area contributed by atoms with Crippen LogP contribution in [-0.4, -0.2) is 54.2 Å². The summed E-state index contributed by atoms with van der Waals surface area (Å²) in [5.74, 6) is 0. The Morgan fingerprint density at radius 1 is 1.12 bits per heavy atom. The van der Waals surface area contributed by atoms with Gasteiger partial charge >= 0.3 is 0 Å². The van der Waals surface area contributed by atoms with Crippen LogP contribution in [0, 0.1) is 0 Å². The SMILES string of the molecule is OCCCCN1CCN(Cc2cccs2)CC1. The van der Waals surface area contributed by atoms with Crippen molar-refractivity contribution in [3.05, 3.63) is 22.4 Å². The molecule has 2 heterocycles. The summed E-state index contributed by atoms with van der Waals surface area (Å²) in [5, 5.41) is 10.9. The zero-order chi connectivity index (χ0) is 11.9. The first kappa shape index (κ1) is 13.0. The van der Waals surface area contributed by atoms with E-state index in [1.807, 2.05) is 11.3 Å². The number of nitrogens with zero attached hydrogens (tertiary/aromatic N) is 2. The van der Waals surface area contributed by atoms with Crippen LogP contribution in [0.15, 0.2) is 17.5 Å². The van der Waals surface area contributed by atoms with Gasteiger partial charge in [-0.15, -0.1) is 11.3 Å². The molecule has 0 amide bonds. The van der Waals surface area contributed by atoms with E-state index < -0.39 is 0 Å². The normalized spacial score (nSPS) is 18.6. The molecule has 4 heteroatoms. The van der Waals surface area contributed by atoms with Crippen LogP contribution in [0.5, 0.6) is 0 Å². The summed E-state index contributed by atoms with van der Waals surface area (Å²) in [6.45, 7) is 7.30. The molecule has 96 valence electrons. The van der Waals surface area contributed by atoms with Crippen molar-refractivity contribution >= 4 is 11.3 Å². The maximum absolute atomic E-state index is 8.76. The molecule has 0 radical (unpaired) electrons. The van der Waals surface area contributed by atoms with Crippen molar-refractivity contribution in [3.8, 4) is 0 Å². The van der Waals surface area contributed by atoms with Crippen molar-refractivity contribution in [3.63, 3.8) is 0 Å². The standard InChI is InChI=1S/C13H22N2OS/c16-10-2-1-5-14-6-8-15(9-7-14)12-13-4-3-11-17-13/h3-4,11,16H,1-2,5-10,12H2. The summed E-state index contributed by atoms with van der Waals surface area (Å²) < 4.78 is 0. The monoisotopic (exact) mass is 254 g/mol. The van der Waals surface area contributed by atoms with E-state index in [0.29, 0.717) is 6.61 Å². The number of rotatable bonds is 6. The number of thiophene rings is 1. The summed E-state index contributed by atoms with van der Waals surface area (Å²) in [5.41, 5.74) is 0. The van der Waals surface area contributed by atoms with Crippen molar-refractivity contribution in [1.82, 2.24) is 9.80 Å². The Balaban J connectivity index is 1.64. The maximum Gasteiger partial charge on any atom is 0.0431 e. The minimum absolute atomic E-state index is 0.332. The first-order valence-electron chi connectivity index (χ1n) is 6.46. The number of piperazine rings is 1. The van der Waals surface area contributed by atoms with Crippen molar-refractivity contribution in [2.24, 2.45) is 0 Å². The minimum atomic E-state index is 0.332. The van der Waals surface area contributed by atoms with Gasteiger partial charge in [0.25, 0.3) is 0 Å². The fourth-order valence-corrected chi connectivity index (χ4v) is 2.99. The molecule has 1 fully saturated rings. The summed E-state index contributed by atoms with van der Waals surface area (Å²) in [6, 6.07) is 4.35. The highest BCUT2D eigenvalue weighted by molar-refractivity contribution is 7.09. The second-order valence-electron chi connectivity index (χ2n) is 4.63. The smallest absolute Gasteiger partial charge is 0.0431 e. The van der Waals surface area contributed by atoms with E-state index in [1.165, 1.54) is 31.1 Å². The van der Waals surface area contributed by atoms with E-state index in [9.17, 15) is 0 Å². The van der Waals surface area contributed by atoms with Crippen LogP contribution in [0.3, 0.4) is 0 Å². The molecule has 1 aliphatic rings. The molecule has 17 heavy (non-hydrogen) atoms. The molecule has 0 saturated carbocycles. The third-order valence-corrected chi connectivity index (χ3v) is 4.17. The van der Waals surface area contributed by atoms with Crippen molar-refractivity contribution < 1.29 is 5.11 Å². The zero-order valence-corrected chi connectivity index (χ0v) is 11.2. The Labute approximate surface area is 108 Å². The van der Waals surface area contributed by atoms with E-state index >= 15 is 0 Å². The predicted molar refractivity (Wildman–Crippen MR) is 72.4 cm³/mol. The number of aliphatic hydroxyl groups excluding tert-OH is 1. The molecule has 0 atom stereocenters. The molecule has 0 aliphatic carbocycles. The van der Waals surface area contributed by atoms with Gasteiger partial charge in [-0.1, -0.05) is 6.07 Å². The molecule has 0 aromatic carbocycles. The van der Waals surface area contributed by atoms with Crippen LogP contribution >= 0.6 is 11.3 Å². The molecule has 1 aromatic rings. The van der Waals surface area contributed by atoms with Gasteiger partial charge in [-0.3, -0.25) is 4.90 Å². The van der Waals surface area contributed by atoms with Gasteiger partial charge in [-0.05, 0) is 30.8 Å². The highest BCUT2D eigenvalue weighted by Gasteiger charge is 2.16. The van der Waals surface area contributed by atoms with E-state index in [-0.39, 0.29) is 0 Å². The average Bonchev–Trinajstić information content (AvgIpc) is 2.85. The molecular weight excluding hydrogens is 232 g/mol. The van der Waals surface area contributed by atoms with Gasteiger partial charge in [0.15, 0.2) is 0 Å². The first-order chi connectivity index (χ1) is 8.38. The fourth-order valence-electron chi connectivity index (χ4n) is 2.24. The van der Waals surface area contributed by atoms with Crippen molar-refractivity contribution in [2.75, 3.05) is 39.3 Å². The molecule has 0 unspecified atom stereocenters. The quantitative estimate of drug-likeness (QED) is 0.782. The lowest BCUT2D eigenvalue weighted by atomic mass is 10.2. The average molecular weight is 254 g/mol. The zero-order valence-electron chi connectivity index (χ0n) is 10.3. The van der Waals surface area contributed by atoms with Crippen LogP contribution in [0.4, 0.5) is 0 Å². The van der Waals surface area contributed by atoms with Gasteiger partial charge in [0.05, 0.1) is 0 Å². The van der Waals surface area contributed by atoms with Gasteiger partial charge in [-0.25, -0.2) is 0 Å². The first-order valence-corrected chi connectivity index (χ1v) is 7.34. The highest BCUT2D eigenvalue weighted by Crippen LogP contribution is 2.13. The van der Waals surface area contributed by atoms with Gasteiger partial charge in [0.1, 0.15) is 0 Å². The molecule has 3 nitrogen and oxygen atoms in total. The minimum Gasteiger partial charge on any atom is -0.396 e. The molecule has 0 bridgehead atoms. The van der Waals surface area contributed by atoms with Crippen LogP contribution < -0.4 is 0 Å². The van der Waals surface area contributed by atoms with E-state index in [0.717, 1.165) is 25.9 Å². The number of hydrogen-bond acceptors (Lipinski definition) is 4. The third kappa shape index (κ3) is 4.39. The second-order valence-corrected chi connectivity index (χ2v) is 5.66. The van der Waals surface area contributed by atoms with E-state index in [1.54, 1.807) is 0 Å². The molecule has 1 N–H and O–H groups in total. The largest absolute Gasteiger partial charge is 0.396 e. The Bertz CT molecular complexity index is 294. The van der Waals surface area contributed by atoms with Crippen LogP contribution in [0.25, 0.3) is 0 Å².